The summed E-state index contributed by atoms with van der Waals surface area (Å²) in [5.41, 5.74) is -1.09. The second-order valence-electron chi connectivity index (χ2n) is 3.80. The van der Waals surface area contributed by atoms with Crippen LogP contribution >= 0.6 is 0 Å². The van der Waals surface area contributed by atoms with Crippen molar-refractivity contribution in [1.29, 1.82) is 10.5 Å². The first-order chi connectivity index (χ1) is 6.44. The van der Waals surface area contributed by atoms with Crippen molar-refractivity contribution in [3.8, 4) is 12.1 Å². The summed E-state index contributed by atoms with van der Waals surface area (Å²) in [5.74, 6) is -0.407. The molecule has 0 aliphatic rings. The zero-order valence-electron chi connectivity index (χ0n) is 8.36. The highest BCUT2D eigenvalue weighted by Gasteiger charge is 2.33. The van der Waals surface area contributed by atoms with Gasteiger partial charge in [-0.05, 0) is 6.42 Å². The molecule has 0 heterocycles. The molecule has 0 aliphatic carbocycles. The van der Waals surface area contributed by atoms with E-state index in [0.29, 0.717) is 6.42 Å². The molecule has 0 aromatic rings. The molecule has 0 bridgehead atoms. The summed E-state index contributed by atoms with van der Waals surface area (Å²) in [6.45, 7) is 2.98. The van der Waals surface area contributed by atoms with Crippen molar-refractivity contribution in [2.45, 2.75) is 38.6 Å². The monoisotopic (exact) mass is 195 g/mol. The molecule has 0 saturated carbocycles. The van der Waals surface area contributed by atoms with Crippen molar-refractivity contribution in [2.75, 3.05) is 0 Å². The molecule has 0 aromatic carbocycles. The van der Waals surface area contributed by atoms with Gasteiger partial charge in [0.25, 0.3) is 0 Å². The molecule has 1 atom stereocenters. The maximum absolute atomic E-state index is 10.6. The minimum atomic E-state index is -1.09. The fourth-order valence-electron chi connectivity index (χ4n) is 1.13. The maximum atomic E-state index is 10.6. The second-order valence-corrected chi connectivity index (χ2v) is 3.80. The molecule has 76 valence electrons. The zero-order valence-corrected chi connectivity index (χ0v) is 8.36. The Morgan fingerprint density at radius 3 is 2.43 bits per heavy atom. The van der Waals surface area contributed by atoms with Crippen LogP contribution in [-0.4, -0.2) is 10.5 Å². The van der Waals surface area contributed by atoms with Crippen molar-refractivity contribution in [2.24, 2.45) is 5.92 Å². The second kappa shape index (κ2) is 5.18. The first-order valence-corrected chi connectivity index (χ1v) is 4.35. The fourth-order valence-corrected chi connectivity index (χ4v) is 1.13. The van der Waals surface area contributed by atoms with E-state index in [4.69, 9.17) is 10.5 Å². The lowest BCUT2D eigenvalue weighted by Gasteiger charge is -2.17. The summed E-state index contributed by atoms with van der Waals surface area (Å²) >= 11 is 0. The van der Waals surface area contributed by atoms with E-state index < -0.39 is 11.5 Å². The van der Waals surface area contributed by atoms with Gasteiger partial charge in [-0.3, -0.25) is 10.1 Å². The van der Waals surface area contributed by atoms with Crippen LogP contribution < -0.4 is 0 Å². The molecule has 5 nitrogen and oxygen atoms in total. The van der Waals surface area contributed by atoms with Crippen LogP contribution in [0.3, 0.4) is 0 Å². The summed E-state index contributed by atoms with van der Waals surface area (Å²) in [6, 6.07) is 3.92. The Bertz CT molecular complexity index is 285. The van der Waals surface area contributed by atoms with Gasteiger partial charge in [0.05, 0.1) is 18.1 Å². The molecule has 0 N–H and O–H groups in total. The van der Waals surface area contributed by atoms with E-state index in [1.54, 1.807) is 0 Å². The van der Waals surface area contributed by atoms with E-state index in [2.05, 4.69) is 0 Å². The highest BCUT2D eigenvalue weighted by Crippen LogP contribution is 2.22. The van der Waals surface area contributed by atoms with Crippen molar-refractivity contribution < 1.29 is 4.92 Å². The Morgan fingerprint density at radius 2 is 2.07 bits per heavy atom. The molecule has 0 saturated heterocycles. The van der Waals surface area contributed by atoms with Crippen LogP contribution in [0.2, 0.25) is 0 Å². The molecular weight excluding hydrogens is 182 g/mol. The van der Waals surface area contributed by atoms with Crippen LogP contribution in [0, 0.1) is 38.7 Å². The Kier molecular flexibility index (Phi) is 4.58. The summed E-state index contributed by atoms with van der Waals surface area (Å²) in [5, 5.41) is 27.6. The van der Waals surface area contributed by atoms with E-state index in [1.165, 1.54) is 13.8 Å². The number of nitriles is 2. The SMILES string of the molecule is CC(C)(C[C@@H](C#N)CCC#N)[N+](=O)[O-]. The molecule has 0 fully saturated rings. The van der Waals surface area contributed by atoms with Gasteiger partial charge in [-0.25, -0.2) is 0 Å². The van der Waals surface area contributed by atoms with Gasteiger partial charge >= 0.3 is 0 Å². The average molecular weight is 195 g/mol. The summed E-state index contributed by atoms with van der Waals surface area (Å²) in [4.78, 5) is 10.2. The number of nitro groups is 1. The largest absolute Gasteiger partial charge is 0.264 e. The molecule has 0 unspecified atom stereocenters. The van der Waals surface area contributed by atoms with Crippen LogP contribution in [0.4, 0.5) is 0 Å². The molecule has 0 aliphatic heterocycles. The third kappa shape index (κ3) is 3.86. The summed E-state index contributed by atoms with van der Waals surface area (Å²) < 4.78 is 0. The predicted molar refractivity (Wildman–Crippen MR) is 49.6 cm³/mol. The van der Waals surface area contributed by atoms with Gasteiger partial charge in [-0.1, -0.05) is 0 Å². The minimum Gasteiger partial charge on any atom is -0.264 e. The molecule has 0 radical (unpaired) electrons. The smallest absolute Gasteiger partial charge is 0.218 e. The van der Waals surface area contributed by atoms with Crippen LogP contribution in [0.15, 0.2) is 0 Å². The van der Waals surface area contributed by atoms with E-state index in [-0.39, 0.29) is 17.8 Å². The van der Waals surface area contributed by atoms with Gasteiger partial charge in [0, 0.05) is 31.6 Å². The molecule has 0 rings (SSSR count). The van der Waals surface area contributed by atoms with Gasteiger partial charge < -0.3 is 0 Å². The lowest BCUT2D eigenvalue weighted by Crippen LogP contribution is -2.33. The van der Waals surface area contributed by atoms with E-state index in [9.17, 15) is 10.1 Å². The van der Waals surface area contributed by atoms with Crippen molar-refractivity contribution >= 4 is 0 Å². The fraction of sp³-hybridized carbons (Fsp3) is 0.778. The predicted octanol–water partition coefficient (Wildman–Crippen LogP) is 1.88. The van der Waals surface area contributed by atoms with Gasteiger partial charge in [0.2, 0.25) is 5.54 Å². The zero-order chi connectivity index (χ0) is 11.2. The Morgan fingerprint density at radius 1 is 1.50 bits per heavy atom. The quantitative estimate of drug-likeness (QED) is 0.494. The Balaban J connectivity index is 4.27. The molecule has 0 spiro atoms. The van der Waals surface area contributed by atoms with Gasteiger partial charge in [-0.2, -0.15) is 10.5 Å². The first-order valence-electron chi connectivity index (χ1n) is 4.35. The van der Waals surface area contributed by atoms with E-state index in [0.717, 1.165) is 0 Å². The Labute approximate surface area is 83.1 Å². The number of rotatable bonds is 5. The number of hydrogen-bond donors (Lipinski definition) is 0. The number of nitrogens with zero attached hydrogens (tertiary/aromatic N) is 3. The van der Waals surface area contributed by atoms with Gasteiger partial charge in [0.15, 0.2) is 0 Å². The standard InChI is InChI=1S/C9H13N3O2/c1-9(2,12(13)14)6-8(7-11)4-3-5-10/h8H,3-4,6H2,1-2H3/t8-/m0/s1. The lowest BCUT2D eigenvalue weighted by atomic mass is 9.89. The van der Waals surface area contributed by atoms with E-state index in [1.807, 2.05) is 12.1 Å². The first kappa shape index (κ1) is 12.4. The summed E-state index contributed by atoms with van der Waals surface area (Å²) in [7, 11) is 0. The van der Waals surface area contributed by atoms with Crippen LogP contribution in [-0.2, 0) is 0 Å². The molecule has 0 amide bonds. The van der Waals surface area contributed by atoms with Gasteiger partial charge in [0.1, 0.15) is 0 Å². The van der Waals surface area contributed by atoms with E-state index >= 15 is 0 Å². The van der Waals surface area contributed by atoms with Crippen molar-refractivity contribution in [3.05, 3.63) is 10.1 Å². The lowest BCUT2D eigenvalue weighted by molar-refractivity contribution is -0.562. The third-order valence-electron chi connectivity index (χ3n) is 2.03. The summed E-state index contributed by atoms with van der Waals surface area (Å²) in [6.07, 6.45) is 0.870. The van der Waals surface area contributed by atoms with Crippen molar-refractivity contribution in [3.63, 3.8) is 0 Å². The maximum Gasteiger partial charge on any atom is 0.218 e. The van der Waals surface area contributed by atoms with Crippen molar-refractivity contribution in [1.82, 2.24) is 0 Å². The number of hydrogen-bond acceptors (Lipinski definition) is 4. The molecule has 5 heteroatoms. The molecule has 14 heavy (non-hydrogen) atoms. The highest BCUT2D eigenvalue weighted by atomic mass is 16.6. The highest BCUT2D eigenvalue weighted by molar-refractivity contribution is 4.89. The van der Waals surface area contributed by atoms with Gasteiger partial charge in [-0.15, -0.1) is 0 Å². The van der Waals surface area contributed by atoms with Crippen LogP contribution in [0.1, 0.15) is 33.1 Å². The minimum absolute atomic E-state index is 0.193. The molecule has 0 aromatic heterocycles. The molecular formula is C9H13N3O2. The van der Waals surface area contributed by atoms with Crippen LogP contribution in [0.5, 0.6) is 0 Å². The average Bonchev–Trinajstić information content (AvgIpc) is 2.11. The Hall–Kier alpha value is -1.62. The third-order valence-corrected chi connectivity index (χ3v) is 2.03. The topological polar surface area (TPSA) is 90.7 Å². The normalized spacial score (nSPS) is 12.6. The van der Waals surface area contributed by atoms with Crippen LogP contribution in [0.25, 0.3) is 0 Å².